The fourth-order valence-electron chi connectivity index (χ4n) is 2.90. The highest BCUT2D eigenvalue weighted by atomic mass is 16.2. The van der Waals surface area contributed by atoms with Gasteiger partial charge in [-0.2, -0.15) is 0 Å². The maximum absolute atomic E-state index is 12.0. The second-order valence-corrected chi connectivity index (χ2v) is 5.48. The second-order valence-electron chi connectivity index (χ2n) is 5.48. The van der Waals surface area contributed by atoms with Crippen molar-refractivity contribution >= 4 is 11.8 Å². The molecule has 0 aromatic heterocycles. The van der Waals surface area contributed by atoms with Crippen molar-refractivity contribution in [3.05, 3.63) is 35.9 Å². The highest BCUT2D eigenvalue weighted by Gasteiger charge is 2.27. The van der Waals surface area contributed by atoms with E-state index in [1.807, 2.05) is 30.3 Å². The van der Waals surface area contributed by atoms with Gasteiger partial charge in [-0.1, -0.05) is 43.2 Å². The monoisotopic (exact) mass is 289 g/mol. The lowest BCUT2D eigenvalue weighted by Gasteiger charge is -2.25. The van der Waals surface area contributed by atoms with Crippen molar-refractivity contribution in [3.63, 3.8) is 0 Å². The van der Waals surface area contributed by atoms with Gasteiger partial charge in [0.2, 0.25) is 11.8 Å². The van der Waals surface area contributed by atoms with E-state index in [0.717, 1.165) is 18.4 Å². The van der Waals surface area contributed by atoms with Crippen LogP contribution in [0.5, 0.6) is 0 Å². The first-order chi connectivity index (χ1) is 10.2. The fraction of sp³-hybridized carbons (Fsp3) is 0.500. The van der Waals surface area contributed by atoms with Crippen molar-refractivity contribution in [3.8, 4) is 0 Å². The van der Waals surface area contributed by atoms with Gasteiger partial charge in [-0.25, -0.2) is 0 Å². The van der Waals surface area contributed by atoms with Gasteiger partial charge in [-0.15, -0.1) is 0 Å². The summed E-state index contributed by atoms with van der Waals surface area (Å²) in [6.07, 6.45) is 4.70. The first-order valence-electron chi connectivity index (χ1n) is 7.52. The minimum atomic E-state index is -0.317. The van der Waals surface area contributed by atoms with Gasteiger partial charge >= 0.3 is 0 Å². The molecule has 0 spiro atoms. The fourth-order valence-corrected chi connectivity index (χ4v) is 2.90. The largest absolute Gasteiger partial charge is 0.347 e. The van der Waals surface area contributed by atoms with Crippen molar-refractivity contribution in [1.82, 2.24) is 10.6 Å². The molecule has 5 heteroatoms. The van der Waals surface area contributed by atoms with Crippen molar-refractivity contribution < 1.29 is 9.59 Å². The normalized spacial score (nSPS) is 16.4. The molecule has 0 saturated heterocycles. The zero-order chi connectivity index (χ0) is 15.1. The van der Waals surface area contributed by atoms with E-state index in [1.165, 1.54) is 12.8 Å². The number of hydrogen-bond donors (Lipinski definition) is 3. The number of rotatable bonds is 6. The summed E-state index contributed by atoms with van der Waals surface area (Å²) in [6.45, 7) is -0.121. The smallest absolute Gasteiger partial charge is 0.239 e. The number of hydrogen-bond acceptors (Lipinski definition) is 3. The summed E-state index contributed by atoms with van der Waals surface area (Å²) < 4.78 is 0. The molecule has 21 heavy (non-hydrogen) atoms. The third-order valence-corrected chi connectivity index (χ3v) is 3.98. The average molecular weight is 289 g/mol. The molecule has 1 fully saturated rings. The van der Waals surface area contributed by atoms with Crippen LogP contribution in [-0.4, -0.2) is 24.9 Å². The summed E-state index contributed by atoms with van der Waals surface area (Å²) in [7, 11) is 0. The summed E-state index contributed by atoms with van der Waals surface area (Å²) in [5.74, 6) is -0.0126. The molecular weight excluding hydrogens is 266 g/mol. The lowest BCUT2D eigenvalue weighted by molar-refractivity contribution is -0.126. The summed E-state index contributed by atoms with van der Waals surface area (Å²) in [5, 5.41) is 5.56. The molecule has 1 saturated carbocycles. The van der Waals surface area contributed by atoms with Crippen LogP contribution in [0.2, 0.25) is 0 Å². The van der Waals surface area contributed by atoms with Crippen LogP contribution in [-0.2, 0) is 9.59 Å². The standard InChI is InChI=1S/C16H23N3O2/c17-10-14(20)18-11-15(21)19-16(13-8-4-5-9-13)12-6-2-1-3-7-12/h1-3,6-7,13,16H,4-5,8-11,17H2,(H,18,20)(H,19,21). The average Bonchev–Trinajstić information content (AvgIpc) is 3.05. The third kappa shape index (κ3) is 4.56. The van der Waals surface area contributed by atoms with Crippen molar-refractivity contribution in [1.29, 1.82) is 0 Å². The SMILES string of the molecule is NCC(=O)NCC(=O)NC(c1ccccc1)C1CCCC1. The molecule has 1 aromatic rings. The Hall–Kier alpha value is -1.88. The lowest BCUT2D eigenvalue weighted by Crippen LogP contribution is -2.42. The Balaban J connectivity index is 1.99. The van der Waals surface area contributed by atoms with Gasteiger partial charge in [0.25, 0.3) is 0 Å². The Morgan fingerprint density at radius 3 is 2.43 bits per heavy atom. The van der Waals surface area contributed by atoms with Crippen LogP contribution >= 0.6 is 0 Å². The van der Waals surface area contributed by atoms with Crippen LogP contribution in [0.15, 0.2) is 30.3 Å². The molecular formula is C16H23N3O2. The van der Waals surface area contributed by atoms with Crippen LogP contribution in [0.25, 0.3) is 0 Å². The highest BCUT2D eigenvalue weighted by molar-refractivity contribution is 5.85. The number of nitrogens with one attached hydrogen (secondary N) is 2. The quantitative estimate of drug-likeness (QED) is 0.733. The summed E-state index contributed by atoms with van der Waals surface area (Å²) >= 11 is 0. The van der Waals surface area contributed by atoms with Gasteiger partial charge in [-0.05, 0) is 24.3 Å². The van der Waals surface area contributed by atoms with E-state index in [-0.39, 0.29) is 30.9 Å². The summed E-state index contributed by atoms with van der Waals surface area (Å²) in [6, 6.07) is 10.1. The second kappa shape index (κ2) is 7.78. The number of carbonyl (C=O) groups excluding carboxylic acids is 2. The van der Waals surface area contributed by atoms with Crippen molar-refractivity contribution in [2.75, 3.05) is 13.1 Å². The van der Waals surface area contributed by atoms with Gasteiger partial charge in [-0.3, -0.25) is 9.59 Å². The van der Waals surface area contributed by atoms with E-state index in [1.54, 1.807) is 0 Å². The van der Waals surface area contributed by atoms with Gasteiger partial charge in [0.15, 0.2) is 0 Å². The molecule has 0 heterocycles. The Bertz CT molecular complexity index is 470. The van der Waals surface area contributed by atoms with Gasteiger partial charge in [0.05, 0.1) is 19.1 Å². The van der Waals surface area contributed by atoms with E-state index in [2.05, 4.69) is 10.6 Å². The van der Waals surface area contributed by atoms with Crippen LogP contribution < -0.4 is 16.4 Å². The molecule has 2 amide bonds. The first-order valence-corrected chi connectivity index (χ1v) is 7.52. The minimum Gasteiger partial charge on any atom is -0.347 e. The third-order valence-electron chi connectivity index (χ3n) is 3.98. The van der Waals surface area contributed by atoms with Crippen molar-refractivity contribution in [2.24, 2.45) is 11.7 Å². The molecule has 1 unspecified atom stereocenters. The lowest BCUT2D eigenvalue weighted by atomic mass is 9.91. The zero-order valence-electron chi connectivity index (χ0n) is 12.2. The predicted octanol–water partition coefficient (Wildman–Crippen LogP) is 1.11. The molecule has 1 aromatic carbocycles. The van der Waals surface area contributed by atoms with Gasteiger partial charge in [0.1, 0.15) is 0 Å². The molecule has 2 rings (SSSR count). The number of nitrogens with two attached hydrogens (primary N) is 1. The number of benzene rings is 1. The van der Waals surface area contributed by atoms with Crippen LogP contribution in [0.4, 0.5) is 0 Å². The topological polar surface area (TPSA) is 84.2 Å². The van der Waals surface area contributed by atoms with Crippen LogP contribution in [0.1, 0.15) is 37.3 Å². The summed E-state index contributed by atoms with van der Waals surface area (Å²) in [5.41, 5.74) is 6.33. The Kier molecular flexibility index (Phi) is 5.75. The molecule has 0 bridgehead atoms. The van der Waals surface area contributed by atoms with Gasteiger partial charge < -0.3 is 16.4 Å². The van der Waals surface area contributed by atoms with Gasteiger partial charge in [0, 0.05) is 0 Å². The Morgan fingerprint density at radius 2 is 1.81 bits per heavy atom. The Labute approximate surface area is 125 Å². The van der Waals surface area contributed by atoms with Crippen LogP contribution in [0.3, 0.4) is 0 Å². The minimum absolute atomic E-state index is 0.0217. The molecule has 1 aliphatic rings. The molecule has 114 valence electrons. The molecule has 0 aliphatic heterocycles. The van der Waals surface area contributed by atoms with Crippen LogP contribution in [0, 0.1) is 5.92 Å². The maximum Gasteiger partial charge on any atom is 0.239 e. The van der Waals surface area contributed by atoms with E-state index in [0.29, 0.717) is 5.92 Å². The highest BCUT2D eigenvalue weighted by Crippen LogP contribution is 2.35. The molecule has 0 radical (unpaired) electrons. The van der Waals surface area contributed by atoms with E-state index in [4.69, 9.17) is 5.73 Å². The van der Waals surface area contributed by atoms with E-state index < -0.39 is 0 Å². The zero-order valence-corrected chi connectivity index (χ0v) is 12.2. The predicted molar refractivity (Wildman–Crippen MR) is 81.3 cm³/mol. The Morgan fingerprint density at radius 1 is 1.14 bits per heavy atom. The maximum atomic E-state index is 12.0. The van der Waals surface area contributed by atoms with Crippen molar-refractivity contribution in [2.45, 2.75) is 31.7 Å². The number of amides is 2. The molecule has 4 N–H and O–H groups in total. The molecule has 1 atom stereocenters. The van der Waals surface area contributed by atoms with E-state index >= 15 is 0 Å². The molecule has 1 aliphatic carbocycles. The molecule has 5 nitrogen and oxygen atoms in total. The van der Waals surface area contributed by atoms with E-state index in [9.17, 15) is 9.59 Å². The number of carbonyl (C=O) groups is 2. The summed E-state index contributed by atoms with van der Waals surface area (Å²) in [4.78, 5) is 23.1. The first kappa shape index (κ1) is 15.5.